The third kappa shape index (κ3) is 3.37. The molecular weight excluding hydrogens is 312 g/mol. The molecule has 24 heavy (non-hydrogen) atoms. The Labute approximate surface area is 141 Å². The molecule has 1 N–H and O–H groups in total. The van der Waals surface area contributed by atoms with Crippen molar-refractivity contribution in [2.45, 2.75) is 50.7 Å². The van der Waals surface area contributed by atoms with Crippen molar-refractivity contribution in [3.05, 3.63) is 47.5 Å². The highest BCUT2D eigenvalue weighted by Crippen LogP contribution is 2.38. The minimum atomic E-state index is -0.936. The van der Waals surface area contributed by atoms with Crippen LogP contribution < -0.4 is 0 Å². The molecular formula is C18H22O6. The zero-order valence-corrected chi connectivity index (χ0v) is 14.0. The average Bonchev–Trinajstić information content (AvgIpc) is 2.90. The Kier molecular flexibility index (Phi) is 4.73. The van der Waals surface area contributed by atoms with Crippen LogP contribution >= 0.6 is 0 Å². The van der Waals surface area contributed by atoms with Gasteiger partial charge in [0.1, 0.15) is 24.4 Å². The summed E-state index contributed by atoms with van der Waals surface area (Å²) in [6.07, 6.45) is -1.39. The van der Waals surface area contributed by atoms with E-state index in [-0.39, 0.29) is 0 Å². The molecule has 0 amide bonds. The second-order valence-corrected chi connectivity index (χ2v) is 6.39. The third-order valence-corrected chi connectivity index (χ3v) is 4.16. The minimum Gasteiger partial charge on any atom is -0.466 e. The minimum absolute atomic E-state index is 0.315. The van der Waals surface area contributed by atoms with E-state index in [2.05, 4.69) is 0 Å². The highest BCUT2D eigenvalue weighted by molar-refractivity contribution is 5.90. The summed E-state index contributed by atoms with van der Waals surface area (Å²) >= 11 is 0. The molecule has 1 aliphatic carbocycles. The van der Waals surface area contributed by atoms with Crippen LogP contribution in [0.1, 0.15) is 19.4 Å². The number of rotatable bonds is 4. The highest BCUT2D eigenvalue weighted by Gasteiger charge is 2.52. The molecule has 6 heteroatoms. The summed E-state index contributed by atoms with van der Waals surface area (Å²) in [4.78, 5) is 12.1. The van der Waals surface area contributed by atoms with Gasteiger partial charge in [0.15, 0.2) is 5.79 Å². The molecule has 4 atom stereocenters. The summed E-state index contributed by atoms with van der Waals surface area (Å²) < 4.78 is 22.2. The molecule has 6 nitrogen and oxygen atoms in total. The monoisotopic (exact) mass is 334 g/mol. The Morgan fingerprint density at radius 1 is 1.25 bits per heavy atom. The van der Waals surface area contributed by atoms with Crippen molar-refractivity contribution in [2.24, 2.45) is 0 Å². The first-order chi connectivity index (χ1) is 11.4. The fraction of sp³-hybridized carbons (Fsp3) is 0.500. The lowest BCUT2D eigenvalue weighted by Crippen LogP contribution is -2.49. The zero-order valence-electron chi connectivity index (χ0n) is 14.0. The second-order valence-electron chi connectivity index (χ2n) is 6.39. The SMILES string of the molecule is COC(=O)C1=C[C@@H](OCc2ccccc2)C(O)[C@@H]2OC(C)(C)O[C@H]12. The van der Waals surface area contributed by atoms with Crippen molar-refractivity contribution in [3.63, 3.8) is 0 Å². The number of carbonyl (C=O) groups excluding carboxylic acids is 1. The van der Waals surface area contributed by atoms with E-state index in [0.717, 1.165) is 5.56 Å². The number of benzene rings is 1. The topological polar surface area (TPSA) is 74.2 Å². The highest BCUT2D eigenvalue weighted by atomic mass is 16.8. The number of fused-ring (bicyclic) bond motifs is 1. The van der Waals surface area contributed by atoms with E-state index in [4.69, 9.17) is 18.9 Å². The number of aliphatic hydroxyl groups excluding tert-OH is 1. The molecule has 1 heterocycles. The Bertz CT molecular complexity index is 624. The van der Waals surface area contributed by atoms with Crippen LogP contribution in [0.4, 0.5) is 0 Å². The van der Waals surface area contributed by atoms with Crippen LogP contribution in [0.2, 0.25) is 0 Å². The number of hydrogen-bond donors (Lipinski definition) is 1. The van der Waals surface area contributed by atoms with Gasteiger partial charge in [-0.3, -0.25) is 0 Å². The van der Waals surface area contributed by atoms with Crippen molar-refractivity contribution in [2.75, 3.05) is 7.11 Å². The summed E-state index contributed by atoms with van der Waals surface area (Å²) in [6.45, 7) is 3.80. The van der Waals surface area contributed by atoms with Crippen molar-refractivity contribution >= 4 is 5.97 Å². The first-order valence-corrected chi connectivity index (χ1v) is 7.90. The summed E-state index contributed by atoms with van der Waals surface area (Å²) in [5.41, 5.74) is 1.29. The fourth-order valence-corrected chi connectivity index (χ4v) is 3.05. The quantitative estimate of drug-likeness (QED) is 0.843. The zero-order chi connectivity index (χ0) is 17.3. The van der Waals surface area contributed by atoms with Crippen LogP contribution in [0.5, 0.6) is 0 Å². The first kappa shape index (κ1) is 17.1. The van der Waals surface area contributed by atoms with Crippen LogP contribution in [0, 0.1) is 0 Å². The largest absolute Gasteiger partial charge is 0.466 e. The fourth-order valence-electron chi connectivity index (χ4n) is 3.05. The number of methoxy groups -OCH3 is 1. The van der Waals surface area contributed by atoms with Gasteiger partial charge in [0.05, 0.1) is 19.3 Å². The predicted octanol–water partition coefficient (Wildman–Crippen LogP) is 1.57. The van der Waals surface area contributed by atoms with E-state index in [1.165, 1.54) is 7.11 Å². The number of esters is 1. The normalized spacial score (nSPS) is 31.2. The van der Waals surface area contributed by atoms with E-state index < -0.39 is 36.2 Å². The maximum absolute atomic E-state index is 12.1. The van der Waals surface area contributed by atoms with E-state index in [1.807, 2.05) is 30.3 Å². The van der Waals surface area contributed by atoms with Crippen molar-refractivity contribution in [1.82, 2.24) is 0 Å². The number of aliphatic hydroxyl groups is 1. The molecule has 1 saturated heterocycles. The van der Waals surface area contributed by atoms with Gasteiger partial charge in [-0.15, -0.1) is 0 Å². The Hall–Kier alpha value is -1.73. The first-order valence-electron chi connectivity index (χ1n) is 7.90. The van der Waals surface area contributed by atoms with Gasteiger partial charge in [-0.2, -0.15) is 0 Å². The molecule has 1 fully saturated rings. The number of carbonyl (C=O) groups is 1. The molecule has 1 aromatic rings. The number of ether oxygens (including phenoxy) is 4. The molecule has 1 unspecified atom stereocenters. The maximum atomic E-state index is 12.1. The van der Waals surface area contributed by atoms with Gasteiger partial charge >= 0.3 is 5.97 Å². The Morgan fingerprint density at radius 3 is 2.62 bits per heavy atom. The van der Waals surface area contributed by atoms with E-state index in [9.17, 15) is 9.90 Å². The van der Waals surface area contributed by atoms with Gasteiger partial charge in [0.2, 0.25) is 0 Å². The van der Waals surface area contributed by atoms with Crippen molar-refractivity contribution in [1.29, 1.82) is 0 Å². The molecule has 0 radical (unpaired) electrons. The lowest BCUT2D eigenvalue weighted by Gasteiger charge is -2.33. The molecule has 1 aromatic carbocycles. The average molecular weight is 334 g/mol. The van der Waals surface area contributed by atoms with Crippen LogP contribution in [-0.4, -0.2) is 48.4 Å². The second kappa shape index (κ2) is 6.64. The molecule has 130 valence electrons. The Morgan fingerprint density at radius 2 is 1.96 bits per heavy atom. The van der Waals surface area contributed by atoms with Crippen LogP contribution in [-0.2, 0) is 30.3 Å². The van der Waals surface area contributed by atoms with Crippen molar-refractivity contribution in [3.8, 4) is 0 Å². The van der Waals surface area contributed by atoms with Gasteiger partial charge in [0, 0.05) is 0 Å². The smallest absolute Gasteiger partial charge is 0.336 e. The van der Waals surface area contributed by atoms with Gasteiger partial charge in [-0.05, 0) is 25.5 Å². The molecule has 3 rings (SSSR count). The predicted molar refractivity (Wildman–Crippen MR) is 84.9 cm³/mol. The molecule has 0 bridgehead atoms. The molecule has 0 aromatic heterocycles. The maximum Gasteiger partial charge on any atom is 0.336 e. The standard InChI is InChI=1S/C18H22O6/c1-18(2)23-15-12(17(20)21-3)9-13(14(19)16(15)24-18)22-10-11-7-5-4-6-8-11/h4-9,13-16,19H,10H2,1-3H3/t13-,14?,15-,16+/m1/s1. The summed E-state index contributed by atoms with van der Waals surface area (Å²) in [5, 5.41) is 10.6. The van der Waals surface area contributed by atoms with Gasteiger partial charge in [-0.1, -0.05) is 30.3 Å². The van der Waals surface area contributed by atoms with Gasteiger partial charge < -0.3 is 24.1 Å². The van der Waals surface area contributed by atoms with Gasteiger partial charge in [0.25, 0.3) is 0 Å². The molecule has 2 aliphatic rings. The third-order valence-electron chi connectivity index (χ3n) is 4.16. The lowest BCUT2D eigenvalue weighted by atomic mass is 9.89. The molecule has 0 spiro atoms. The van der Waals surface area contributed by atoms with E-state index in [0.29, 0.717) is 12.2 Å². The van der Waals surface area contributed by atoms with Gasteiger partial charge in [-0.25, -0.2) is 4.79 Å². The number of hydrogen-bond acceptors (Lipinski definition) is 6. The van der Waals surface area contributed by atoms with Crippen LogP contribution in [0.25, 0.3) is 0 Å². The lowest BCUT2D eigenvalue weighted by molar-refractivity contribution is -0.161. The van der Waals surface area contributed by atoms with E-state index >= 15 is 0 Å². The van der Waals surface area contributed by atoms with Crippen molar-refractivity contribution < 1.29 is 28.8 Å². The summed E-state index contributed by atoms with van der Waals surface area (Å²) in [6, 6.07) is 9.61. The Balaban J connectivity index is 1.81. The van der Waals surface area contributed by atoms with E-state index in [1.54, 1.807) is 19.9 Å². The molecule has 1 aliphatic heterocycles. The van der Waals surface area contributed by atoms with Crippen LogP contribution in [0.3, 0.4) is 0 Å². The molecule has 0 saturated carbocycles. The summed E-state index contributed by atoms with van der Waals surface area (Å²) in [5.74, 6) is -1.40. The van der Waals surface area contributed by atoms with Crippen LogP contribution in [0.15, 0.2) is 42.0 Å². The summed E-state index contributed by atoms with van der Waals surface area (Å²) in [7, 11) is 1.31.